The number of hydrogen-bond acceptors (Lipinski definition) is 6. The lowest BCUT2D eigenvalue weighted by molar-refractivity contribution is -0.115. The SMILES string of the molecule is COc1ccccc1NC(=O)CS(=O)(=O)C(C)C(=O)Nc1ccc(O)cc1. The van der Waals surface area contributed by atoms with Crippen molar-refractivity contribution in [3.05, 3.63) is 48.5 Å². The van der Waals surface area contributed by atoms with E-state index in [9.17, 15) is 23.1 Å². The number of amides is 2. The molecule has 0 saturated carbocycles. The first-order chi connectivity index (χ1) is 12.7. The van der Waals surface area contributed by atoms with Crippen molar-refractivity contribution in [1.29, 1.82) is 0 Å². The van der Waals surface area contributed by atoms with E-state index in [1.54, 1.807) is 24.3 Å². The van der Waals surface area contributed by atoms with Gasteiger partial charge >= 0.3 is 0 Å². The van der Waals surface area contributed by atoms with Crippen LogP contribution in [0.15, 0.2) is 48.5 Å². The third kappa shape index (κ3) is 5.45. The van der Waals surface area contributed by atoms with Crippen LogP contribution in [0.4, 0.5) is 11.4 Å². The summed E-state index contributed by atoms with van der Waals surface area (Å²) in [5, 5.41) is 12.7. The number of nitrogens with one attached hydrogen (secondary N) is 2. The van der Waals surface area contributed by atoms with Crippen LogP contribution >= 0.6 is 0 Å². The number of carbonyl (C=O) groups excluding carboxylic acids is 2. The van der Waals surface area contributed by atoms with Crippen LogP contribution in [0.2, 0.25) is 0 Å². The van der Waals surface area contributed by atoms with Gasteiger partial charge in [0.2, 0.25) is 11.8 Å². The van der Waals surface area contributed by atoms with Crippen LogP contribution in [0, 0.1) is 0 Å². The summed E-state index contributed by atoms with van der Waals surface area (Å²) >= 11 is 0. The zero-order chi connectivity index (χ0) is 20.0. The Morgan fingerprint density at radius 1 is 1.07 bits per heavy atom. The molecule has 2 aromatic carbocycles. The molecule has 2 rings (SSSR count). The number of rotatable bonds is 7. The Bertz CT molecular complexity index is 925. The van der Waals surface area contributed by atoms with Gasteiger partial charge in [-0.3, -0.25) is 9.59 Å². The first-order valence-electron chi connectivity index (χ1n) is 7.97. The highest BCUT2D eigenvalue weighted by atomic mass is 32.2. The molecule has 0 bridgehead atoms. The minimum absolute atomic E-state index is 0.0154. The zero-order valence-corrected chi connectivity index (χ0v) is 15.6. The molecular formula is C18H20N2O6S. The number of benzene rings is 2. The molecule has 8 nitrogen and oxygen atoms in total. The fraction of sp³-hybridized carbons (Fsp3) is 0.222. The Balaban J connectivity index is 2.02. The summed E-state index contributed by atoms with van der Waals surface area (Å²) in [6.45, 7) is 1.21. The Morgan fingerprint density at radius 2 is 1.70 bits per heavy atom. The number of sulfone groups is 1. The number of aromatic hydroxyl groups is 1. The molecular weight excluding hydrogens is 372 g/mol. The van der Waals surface area contributed by atoms with Crippen LogP contribution in [0.5, 0.6) is 11.5 Å². The van der Waals surface area contributed by atoms with Gasteiger partial charge in [-0.1, -0.05) is 12.1 Å². The number of anilines is 2. The summed E-state index contributed by atoms with van der Waals surface area (Å²) in [7, 11) is -2.61. The molecule has 27 heavy (non-hydrogen) atoms. The van der Waals surface area contributed by atoms with E-state index < -0.39 is 32.7 Å². The molecule has 2 aromatic rings. The van der Waals surface area contributed by atoms with Crippen molar-refractivity contribution in [3.8, 4) is 11.5 Å². The maximum absolute atomic E-state index is 12.4. The summed E-state index contributed by atoms with van der Waals surface area (Å²) in [5.74, 6) is -1.99. The van der Waals surface area contributed by atoms with Crippen molar-refractivity contribution >= 4 is 33.0 Å². The minimum atomic E-state index is -4.04. The number of para-hydroxylation sites is 2. The van der Waals surface area contributed by atoms with Crippen molar-refractivity contribution in [2.75, 3.05) is 23.5 Å². The van der Waals surface area contributed by atoms with Crippen molar-refractivity contribution in [2.24, 2.45) is 0 Å². The van der Waals surface area contributed by atoms with E-state index in [1.165, 1.54) is 38.3 Å². The second kappa shape index (κ2) is 8.54. The third-order valence-electron chi connectivity index (χ3n) is 3.76. The molecule has 0 saturated heterocycles. The van der Waals surface area contributed by atoms with E-state index in [0.29, 0.717) is 17.1 Å². The van der Waals surface area contributed by atoms with E-state index in [-0.39, 0.29) is 5.75 Å². The summed E-state index contributed by atoms with van der Waals surface area (Å²) in [4.78, 5) is 24.3. The molecule has 144 valence electrons. The van der Waals surface area contributed by atoms with Crippen LogP contribution in [0.25, 0.3) is 0 Å². The Morgan fingerprint density at radius 3 is 2.33 bits per heavy atom. The number of methoxy groups -OCH3 is 1. The Kier molecular flexibility index (Phi) is 6.40. The smallest absolute Gasteiger partial charge is 0.242 e. The van der Waals surface area contributed by atoms with Crippen LogP contribution in [-0.4, -0.2) is 43.5 Å². The Hall–Kier alpha value is -3.07. The average molecular weight is 392 g/mol. The maximum Gasteiger partial charge on any atom is 0.242 e. The summed E-state index contributed by atoms with van der Waals surface area (Å²) in [5.41, 5.74) is 0.666. The molecule has 0 fully saturated rings. The molecule has 1 atom stereocenters. The molecule has 9 heteroatoms. The van der Waals surface area contributed by atoms with Crippen molar-refractivity contribution in [2.45, 2.75) is 12.2 Å². The van der Waals surface area contributed by atoms with Crippen LogP contribution in [-0.2, 0) is 19.4 Å². The number of hydrogen-bond donors (Lipinski definition) is 3. The molecule has 3 N–H and O–H groups in total. The first-order valence-corrected chi connectivity index (χ1v) is 9.69. The number of phenols is 1. The minimum Gasteiger partial charge on any atom is -0.508 e. The number of ether oxygens (including phenoxy) is 1. The second-order valence-electron chi connectivity index (χ2n) is 5.73. The van der Waals surface area contributed by atoms with E-state index in [0.717, 1.165) is 0 Å². The first kappa shape index (κ1) is 20.2. The summed E-state index contributed by atoms with van der Waals surface area (Å²) in [6, 6.07) is 12.1. The molecule has 0 aliphatic heterocycles. The maximum atomic E-state index is 12.4. The van der Waals surface area contributed by atoms with E-state index >= 15 is 0 Å². The molecule has 0 heterocycles. The van der Waals surface area contributed by atoms with Gasteiger partial charge in [0.25, 0.3) is 0 Å². The molecule has 0 aliphatic carbocycles. The average Bonchev–Trinajstić information content (AvgIpc) is 2.62. The van der Waals surface area contributed by atoms with E-state index in [4.69, 9.17) is 4.74 Å². The van der Waals surface area contributed by atoms with Gasteiger partial charge in [-0.25, -0.2) is 8.42 Å². The molecule has 0 aliphatic rings. The standard InChI is InChI=1S/C18H20N2O6S/c1-12(18(23)19-13-7-9-14(21)10-8-13)27(24,25)11-17(22)20-15-5-3-4-6-16(15)26-2/h3-10,12,21H,11H2,1-2H3,(H,19,23)(H,20,22). The fourth-order valence-corrected chi connectivity index (χ4v) is 3.27. The van der Waals surface area contributed by atoms with Crippen molar-refractivity contribution in [1.82, 2.24) is 0 Å². The van der Waals surface area contributed by atoms with Gasteiger partial charge in [0.05, 0.1) is 12.8 Å². The monoisotopic (exact) mass is 392 g/mol. The van der Waals surface area contributed by atoms with Crippen LogP contribution in [0.1, 0.15) is 6.92 Å². The molecule has 2 amide bonds. The highest BCUT2D eigenvalue weighted by Crippen LogP contribution is 2.23. The van der Waals surface area contributed by atoms with Crippen molar-refractivity contribution < 1.29 is 27.9 Å². The third-order valence-corrected chi connectivity index (χ3v) is 5.71. The van der Waals surface area contributed by atoms with Gasteiger partial charge in [0.15, 0.2) is 9.84 Å². The molecule has 0 radical (unpaired) electrons. The quantitative estimate of drug-likeness (QED) is 0.618. The lowest BCUT2D eigenvalue weighted by Gasteiger charge is -2.14. The normalized spacial score (nSPS) is 12.1. The van der Waals surface area contributed by atoms with Crippen molar-refractivity contribution in [3.63, 3.8) is 0 Å². The van der Waals surface area contributed by atoms with Gasteiger partial charge in [-0.15, -0.1) is 0 Å². The summed E-state index contributed by atoms with van der Waals surface area (Å²) in [6.07, 6.45) is 0. The Labute approximate surface area is 157 Å². The van der Waals surface area contributed by atoms with Gasteiger partial charge in [0, 0.05) is 5.69 Å². The predicted octanol–water partition coefficient (Wildman–Crippen LogP) is 1.78. The largest absolute Gasteiger partial charge is 0.508 e. The van der Waals surface area contributed by atoms with Crippen LogP contribution in [0.3, 0.4) is 0 Å². The predicted molar refractivity (Wildman–Crippen MR) is 102 cm³/mol. The zero-order valence-electron chi connectivity index (χ0n) is 14.8. The van der Waals surface area contributed by atoms with E-state index in [1.807, 2.05) is 0 Å². The van der Waals surface area contributed by atoms with Gasteiger partial charge in [-0.2, -0.15) is 0 Å². The lowest BCUT2D eigenvalue weighted by Crippen LogP contribution is -2.37. The molecule has 1 unspecified atom stereocenters. The van der Waals surface area contributed by atoms with Gasteiger partial charge < -0.3 is 20.5 Å². The van der Waals surface area contributed by atoms with Gasteiger partial charge in [-0.05, 0) is 43.3 Å². The fourth-order valence-electron chi connectivity index (χ4n) is 2.19. The van der Waals surface area contributed by atoms with Crippen LogP contribution < -0.4 is 15.4 Å². The van der Waals surface area contributed by atoms with E-state index in [2.05, 4.69) is 10.6 Å². The number of carbonyl (C=O) groups is 2. The number of phenolic OH excluding ortho intramolecular Hbond substituents is 1. The lowest BCUT2D eigenvalue weighted by atomic mass is 10.3. The van der Waals surface area contributed by atoms with Gasteiger partial charge in [0.1, 0.15) is 22.5 Å². The second-order valence-corrected chi connectivity index (χ2v) is 8.06. The highest BCUT2D eigenvalue weighted by Gasteiger charge is 2.30. The topological polar surface area (TPSA) is 122 Å². The molecule has 0 aromatic heterocycles. The highest BCUT2D eigenvalue weighted by molar-refractivity contribution is 7.93. The summed E-state index contributed by atoms with van der Waals surface area (Å²) < 4.78 is 29.8. The molecule has 0 spiro atoms.